The summed E-state index contributed by atoms with van der Waals surface area (Å²) in [5.74, 6) is -1.26. The van der Waals surface area contributed by atoms with Gasteiger partial charge in [-0.3, -0.25) is 9.59 Å². The number of ether oxygens (including phenoxy) is 1. The lowest BCUT2D eigenvalue weighted by Crippen LogP contribution is -2.25. The van der Waals surface area contributed by atoms with Crippen molar-refractivity contribution in [2.45, 2.75) is 45.1 Å². The van der Waals surface area contributed by atoms with E-state index in [1.807, 2.05) is 24.3 Å². The fourth-order valence-corrected chi connectivity index (χ4v) is 2.55. The summed E-state index contributed by atoms with van der Waals surface area (Å²) in [4.78, 5) is 22.8. The molecule has 22 heavy (non-hydrogen) atoms. The molecule has 1 fully saturated rings. The highest BCUT2D eigenvalue weighted by Gasteiger charge is 2.17. The van der Waals surface area contributed by atoms with Gasteiger partial charge in [-0.05, 0) is 43.4 Å². The van der Waals surface area contributed by atoms with Crippen molar-refractivity contribution in [3.63, 3.8) is 0 Å². The van der Waals surface area contributed by atoms with Crippen molar-refractivity contribution in [3.8, 4) is 0 Å². The van der Waals surface area contributed by atoms with E-state index in [0.29, 0.717) is 12.8 Å². The van der Waals surface area contributed by atoms with Crippen molar-refractivity contribution in [3.05, 3.63) is 29.8 Å². The molecule has 0 radical (unpaired) electrons. The number of carbonyl (C=O) groups is 2. The van der Waals surface area contributed by atoms with Crippen LogP contribution in [0.1, 0.15) is 38.2 Å². The molecule has 1 aliphatic rings. The molecular formula is C17H23NO4. The Morgan fingerprint density at radius 1 is 1.32 bits per heavy atom. The number of hydrogen-bond donors (Lipinski definition) is 2. The first-order chi connectivity index (χ1) is 10.5. The van der Waals surface area contributed by atoms with E-state index in [4.69, 9.17) is 9.84 Å². The smallest absolute Gasteiger partial charge is 0.306 e. The van der Waals surface area contributed by atoms with Gasteiger partial charge >= 0.3 is 5.97 Å². The fraction of sp³-hybridized carbons (Fsp3) is 0.529. The molecule has 2 rings (SSSR count). The van der Waals surface area contributed by atoms with E-state index in [1.54, 1.807) is 6.92 Å². The van der Waals surface area contributed by atoms with Crippen LogP contribution >= 0.6 is 0 Å². The third kappa shape index (κ3) is 5.15. The Balaban J connectivity index is 1.82. The number of carboxylic acids is 1. The van der Waals surface area contributed by atoms with Crippen LogP contribution in [0.4, 0.5) is 5.69 Å². The van der Waals surface area contributed by atoms with E-state index >= 15 is 0 Å². The zero-order chi connectivity index (χ0) is 15.9. The molecule has 1 heterocycles. The third-order valence-corrected chi connectivity index (χ3v) is 3.89. The average Bonchev–Trinajstić information content (AvgIpc) is 2.50. The number of amides is 1. The number of benzene rings is 1. The Morgan fingerprint density at radius 2 is 2.05 bits per heavy atom. The number of anilines is 1. The van der Waals surface area contributed by atoms with Gasteiger partial charge in [0.1, 0.15) is 0 Å². The first-order valence-electron chi connectivity index (χ1n) is 7.78. The van der Waals surface area contributed by atoms with E-state index < -0.39 is 11.9 Å². The number of hydrogen-bond acceptors (Lipinski definition) is 3. The highest BCUT2D eigenvalue weighted by molar-refractivity contribution is 5.91. The Kier molecular flexibility index (Phi) is 5.95. The third-order valence-electron chi connectivity index (χ3n) is 3.89. The molecule has 2 N–H and O–H groups in total. The van der Waals surface area contributed by atoms with Crippen LogP contribution in [0.5, 0.6) is 0 Å². The minimum Gasteiger partial charge on any atom is -0.481 e. The van der Waals surface area contributed by atoms with Crippen LogP contribution < -0.4 is 5.32 Å². The second-order valence-electron chi connectivity index (χ2n) is 5.88. The minimum atomic E-state index is -0.801. The molecule has 1 amide bonds. The van der Waals surface area contributed by atoms with Gasteiger partial charge in [-0.15, -0.1) is 0 Å². The Labute approximate surface area is 130 Å². The molecule has 1 aromatic carbocycles. The zero-order valence-electron chi connectivity index (χ0n) is 12.9. The SMILES string of the molecule is C[C@H](Cc1ccc(NC(=O)C[C@@H]2CCCCO2)cc1)C(=O)O. The van der Waals surface area contributed by atoms with E-state index in [9.17, 15) is 9.59 Å². The van der Waals surface area contributed by atoms with Gasteiger partial charge in [-0.25, -0.2) is 0 Å². The van der Waals surface area contributed by atoms with Crippen molar-refractivity contribution in [1.29, 1.82) is 0 Å². The van der Waals surface area contributed by atoms with E-state index in [-0.39, 0.29) is 12.0 Å². The first kappa shape index (κ1) is 16.5. The maximum atomic E-state index is 12.0. The maximum absolute atomic E-state index is 12.0. The van der Waals surface area contributed by atoms with Gasteiger partial charge in [-0.1, -0.05) is 19.1 Å². The predicted molar refractivity (Wildman–Crippen MR) is 83.8 cm³/mol. The first-order valence-corrected chi connectivity index (χ1v) is 7.78. The minimum absolute atomic E-state index is 0.0319. The molecule has 1 aliphatic heterocycles. The zero-order valence-corrected chi connectivity index (χ0v) is 12.9. The van der Waals surface area contributed by atoms with Gasteiger partial charge in [0.05, 0.1) is 18.4 Å². The standard InChI is InChI=1S/C17H23NO4/c1-12(17(20)21)10-13-5-7-14(8-6-13)18-16(19)11-15-4-2-3-9-22-15/h5-8,12,15H,2-4,9-11H2,1H3,(H,18,19)(H,20,21)/t12-,15+/m1/s1. The molecule has 0 aromatic heterocycles. The highest BCUT2D eigenvalue weighted by atomic mass is 16.5. The van der Waals surface area contributed by atoms with Crippen LogP contribution in [0.3, 0.4) is 0 Å². The summed E-state index contributed by atoms with van der Waals surface area (Å²) >= 11 is 0. The Hall–Kier alpha value is -1.88. The molecule has 1 aromatic rings. The van der Waals surface area contributed by atoms with Gasteiger partial charge < -0.3 is 15.2 Å². The molecule has 0 spiro atoms. The molecular weight excluding hydrogens is 282 g/mol. The fourth-order valence-electron chi connectivity index (χ4n) is 2.55. The lowest BCUT2D eigenvalue weighted by atomic mass is 10.0. The summed E-state index contributed by atoms with van der Waals surface area (Å²) in [7, 11) is 0. The molecule has 5 nitrogen and oxygen atoms in total. The average molecular weight is 305 g/mol. The Morgan fingerprint density at radius 3 is 2.64 bits per heavy atom. The molecule has 2 atom stereocenters. The summed E-state index contributed by atoms with van der Waals surface area (Å²) < 4.78 is 5.56. The summed E-state index contributed by atoms with van der Waals surface area (Å²) in [6.45, 7) is 2.43. The van der Waals surface area contributed by atoms with Gasteiger partial charge in [0.15, 0.2) is 0 Å². The highest BCUT2D eigenvalue weighted by Crippen LogP contribution is 2.17. The Bertz CT molecular complexity index is 506. The van der Waals surface area contributed by atoms with Gasteiger partial charge in [0.25, 0.3) is 0 Å². The summed E-state index contributed by atoms with van der Waals surface area (Å²) in [6.07, 6.45) is 4.05. The number of aliphatic carboxylic acids is 1. The van der Waals surface area contributed by atoms with E-state index in [1.165, 1.54) is 0 Å². The predicted octanol–water partition coefficient (Wildman–Crippen LogP) is 2.85. The van der Waals surface area contributed by atoms with Crippen LogP contribution in [0.15, 0.2) is 24.3 Å². The summed E-state index contributed by atoms with van der Waals surface area (Å²) in [5, 5.41) is 11.8. The normalized spacial score (nSPS) is 19.4. The topological polar surface area (TPSA) is 75.6 Å². The summed E-state index contributed by atoms with van der Waals surface area (Å²) in [5.41, 5.74) is 1.68. The number of rotatable bonds is 6. The summed E-state index contributed by atoms with van der Waals surface area (Å²) in [6, 6.07) is 7.32. The van der Waals surface area contributed by atoms with Crippen LogP contribution in [-0.2, 0) is 20.7 Å². The van der Waals surface area contributed by atoms with Crippen LogP contribution in [0, 0.1) is 5.92 Å². The van der Waals surface area contributed by atoms with E-state index in [2.05, 4.69) is 5.32 Å². The van der Waals surface area contributed by atoms with Crippen molar-refractivity contribution in [1.82, 2.24) is 0 Å². The largest absolute Gasteiger partial charge is 0.481 e. The van der Waals surface area contributed by atoms with Gasteiger partial charge in [0.2, 0.25) is 5.91 Å². The van der Waals surface area contributed by atoms with Crippen molar-refractivity contribution in [2.24, 2.45) is 5.92 Å². The number of carbonyl (C=O) groups excluding carboxylic acids is 1. The molecule has 1 saturated heterocycles. The molecule has 5 heteroatoms. The van der Waals surface area contributed by atoms with E-state index in [0.717, 1.165) is 37.1 Å². The maximum Gasteiger partial charge on any atom is 0.306 e. The van der Waals surface area contributed by atoms with Gasteiger partial charge in [-0.2, -0.15) is 0 Å². The molecule has 0 bridgehead atoms. The molecule has 0 unspecified atom stereocenters. The number of carboxylic acid groups (broad SMARTS) is 1. The van der Waals surface area contributed by atoms with Crippen molar-refractivity contribution < 1.29 is 19.4 Å². The van der Waals surface area contributed by atoms with Crippen LogP contribution in [0.25, 0.3) is 0 Å². The lowest BCUT2D eigenvalue weighted by molar-refractivity contribution is -0.141. The van der Waals surface area contributed by atoms with Crippen molar-refractivity contribution in [2.75, 3.05) is 11.9 Å². The lowest BCUT2D eigenvalue weighted by Gasteiger charge is -2.21. The quantitative estimate of drug-likeness (QED) is 0.847. The van der Waals surface area contributed by atoms with Crippen LogP contribution in [0.2, 0.25) is 0 Å². The second kappa shape index (κ2) is 7.94. The molecule has 0 saturated carbocycles. The van der Waals surface area contributed by atoms with Crippen LogP contribution in [-0.4, -0.2) is 29.7 Å². The second-order valence-corrected chi connectivity index (χ2v) is 5.88. The molecule has 120 valence electrons. The van der Waals surface area contributed by atoms with Crippen molar-refractivity contribution >= 4 is 17.6 Å². The van der Waals surface area contributed by atoms with Gasteiger partial charge in [0, 0.05) is 12.3 Å². The monoisotopic (exact) mass is 305 g/mol. The molecule has 0 aliphatic carbocycles. The number of nitrogens with one attached hydrogen (secondary N) is 1.